The zero-order valence-corrected chi connectivity index (χ0v) is 8.32. The predicted molar refractivity (Wildman–Crippen MR) is 50.0 cm³/mol. The molecule has 1 saturated heterocycles. The third-order valence-corrected chi connectivity index (χ3v) is 2.72. The highest BCUT2D eigenvalue weighted by molar-refractivity contribution is 5.13. The summed E-state index contributed by atoms with van der Waals surface area (Å²) in [6.07, 6.45) is 1.44. The van der Waals surface area contributed by atoms with Crippen LogP contribution in [0, 0.1) is 5.41 Å². The second-order valence-corrected chi connectivity index (χ2v) is 4.23. The van der Waals surface area contributed by atoms with E-state index in [1.165, 1.54) is 0 Å². The Bertz CT molecular complexity index is 199. The van der Waals surface area contributed by atoms with Crippen molar-refractivity contribution in [2.24, 2.45) is 5.41 Å². The molecular formula is C10H17F2N. The van der Waals surface area contributed by atoms with Crippen molar-refractivity contribution in [3.8, 4) is 0 Å². The quantitative estimate of drug-likeness (QED) is 0.645. The number of likely N-dealkylation sites (tertiary alicyclic amines) is 1. The molecule has 0 unspecified atom stereocenters. The summed E-state index contributed by atoms with van der Waals surface area (Å²) in [5, 5.41) is 0. The summed E-state index contributed by atoms with van der Waals surface area (Å²) in [6.45, 7) is 5.70. The summed E-state index contributed by atoms with van der Waals surface area (Å²) < 4.78 is 24.5. The van der Waals surface area contributed by atoms with Crippen LogP contribution in [-0.2, 0) is 0 Å². The lowest BCUT2D eigenvalue weighted by atomic mass is 9.80. The molecule has 0 atom stereocenters. The van der Waals surface area contributed by atoms with E-state index >= 15 is 0 Å². The Morgan fingerprint density at radius 3 is 2.69 bits per heavy atom. The van der Waals surface area contributed by atoms with Crippen LogP contribution in [0.4, 0.5) is 8.78 Å². The zero-order valence-electron chi connectivity index (χ0n) is 8.32. The molecule has 0 amide bonds. The molecule has 13 heavy (non-hydrogen) atoms. The molecule has 0 spiro atoms. The smallest absolute Gasteiger partial charge is 0.102 e. The Morgan fingerprint density at radius 1 is 1.54 bits per heavy atom. The largest absolute Gasteiger partial charge is 0.300 e. The van der Waals surface area contributed by atoms with E-state index in [1.54, 1.807) is 0 Å². The van der Waals surface area contributed by atoms with E-state index in [1.807, 2.05) is 18.7 Å². The van der Waals surface area contributed by atoms with Crippen LogP contribution in [0.15, 0.2) is 11.9 Å². The number of rotatable bonds is 2. The fourth-order valence-electron chi connectivity index (χ4n) is 1.87. The summed E-state index contributed by atoms with van der Waals surface area (Å²) in [4.78, 5) is 2.05. The second kappa shape index (κ2) is 4.18. The minimum atomic E-state index is -0.315. The van der Waals surface area contributed by atoms with Crippen LogP contribution < -0.4 is 0 Å². The first kappa shape index (κ1) is 10.6. The molecule has 76 valence electrons. The van der Waals surface area contributed by atoms with Crippen LogP contribution in [0.3, 0.4) is 0 Å². The van der Waals surface area contributed by atoms with Crippen LogP contribution in [0.5, 0.6) is 0 Å². The molecule has 0 bridgehead atoms. The molecule has 1 rings (SSSR count). The number of piperidine rings is 1. The molecule has 0 N–H and O–H groups in total. The number of halogens is 2. The van der Waals surface area contributed by atoms with Crippen molar-refractivity contribution in [3.05, 3.63) is 11.9 Å². The molecule has 0 aromatic heterocycles. The average Bonchev–Trinajstić information content (AvgIpc) is 2.03. The van der Waals surface area contributed by atoms with Crippen molar-refractivity contribution in [2.75, 3.05) is 26.3 Å². The minimum Gasteiger partial charge on any atom is -0.300 e. The minimum absolute atomic E-state index is 0.137. The highest BCUT2D eigenvalue weighted by Crippen LogP contribution is 2.33. The predicted octanol–water partition coefficient (Wildman–Crippen LogP) is 2.54. The molecule has 0 radical (unpaired) electrons. The van der Waals surface area contributed by atoms with Crippen molar-refractivity contribution in [1.29, 1.82) is 0 Å². The Balaban J connectivity index is 2.59. The van der Waals surface area contributed by atoms with Gasteiger partial charge in [-0.05, 0) is 12.0 Å². The first-order valence-electron chi connectivity index (χ1n) is 4.68. The van der Waals surface area contributed by atoms with Gasteiger partial charge in [0, 0.05) is 25.0 Å². The number of nitrogens with zero attached hydrogens (tertiary/aromatic N) is 1. The number of hydrogen-bond donors (Lipinski definition) is 0. The Kier molecular flexibility index (Phi) is 3.42. The van der Waals surface area contributed by atoms with Crippen molar-refractivity contribution < 1.29 is 8.78 Å². The normalized spacial score (nSPS) is 26.6. The van der Waals surface area contributed by atoms with Gasteiger partial charge in [-0.25, -0.2) is 8.78 Å². The van der Waals surface area contributed by atoms with Gasteiger partial charge in [0.15, 0.2) is 0 Å². The lowest BCUT2D eigenvalue weighted by Gasteiger charge is -2.39. The third kappa shape index (κ3) is 2.50. The van der Waals surface area contributed by atoms with E-state index in [0.717, 1.165) is 25.1 Å². The van der Waals surface area contributed by atoms with Gasteiger partial charge in [0.25, 0.3) is 0 Å². The standard InChI is InChI=1S/C10H17F2N/c1-10(2)8-13(6-4-11)5-3-9(10)7-12/h7H,3-6,8H2,1-2H3/b9-7+. The molecule has 1 fully saturated rings. The summed E-state index contributed by atoms with van der Waals surface area (Å²) in [5.74, 6) is 0. The summed E-state index contributed by atoms with van der Waals surface area (Å²) in [7, 11) is 0. The van der Waals surface area contributed by atoms with E-state index in [-0.39, 0.29) is 12.1 Å². The number of hydrogen-bond acceptors (Lipinski definition) is 1. The van der Waals surface area contributed by atoms with Gasteiger partial charge < -0.3 is 0 Å². The molecule has 3 heteroatoms. The molecule has 0 saturated carbocycles. The summed E-state index contributed by atoms with van der Waals surface area (Å²) in [5.41, 5.74) is 0.713. The summed E-state index contributed by atoms with van der Waals surface area (Å²) >= 11 is 0. The van der Waals surface area contributed by atoms with E-state index in [2.05, 4.69) is 0 Å². The fourth-order valence-corrected chi connectivity index (χ4v) is 1.87. The first-order chi connectivity index (χ1) is 6.10. The Morgan fingerprint density at radius 2 is 2.23 bits per heavy atom. The maximum Gasteiger partial charge on any atom is 0.102 e. The monoisotopic (exact) mass is 189 g/mol. The van der Waals surface area contributed by atoms with E-state index in [9.17, 15) is 8.78 Å². The van der Waals surface area contributed by atoms with Gasteiger partial charge in [-0.3, -0.25) is 4.90 Å². The average molecular weight is 189 g/mol. The molecule has 1 heterocycles. The van der Waals surface area contributed by atoms with Gasteiger partial charge in [0.1, 0.15) is 6.67 Å². The fraction of sp³-hybridized carbons (Fsp3) is 0.800. The van der Waals surface area contributed by atoms with Gasteiger partial charge in [0.05, 0.1) is 6.33 Å². The van der Waals surface area contributed by atoms with Crippen LogP contribution in [-0.4, -0.2) is 31.2 Å². The molecule has 1 aliphatic heterocycles. The molecule has 0 aromatic carbocycles. The van der Waals surface area contributed by atoms with Crippen LogP contribution in [0.2, 0.25) is 0 Å². The maximum absolute atomic E-state index is 12.4. The molecule has 1 aliphatic rings. The number of alkyl halides is 1. The third-order valence-electron chi connectivity index (χ3n) is 2.72. The van der Waals surface area contributed by atoms with Crippen LogP contribution in [0.25, 0.3) is 0 Å². The van der Waals surface area contributed by atoms with Crippen molar-refractivity contribution in [1.82, 2.24) is 4.90 Å². The van der Waals surface area contributed by atoms with Crippen LogP contribution in [0.1, 0.15) is 20.3 Å². The van der Waals surface area contributed by atoms with E-state index in [4.69, 9.17) is 0 Å². The van der Waals surface area contributed by atoms with Crippen molar-refractivity contribution in [3.63, 3.8) is 0 Å². The highest BCUT2D eigenvalue weighted by Gasteiger charge is 2.30. The lowest BCUT2D eigenvalue weighted by Crippen LogP contribution is -2.42. The maximum atomic E-state index is 12.4. The SMILES string of the molecule is CC1(C)CN(CCF)CC/C1=C\F. The van der Waals surface area contributed by atoms with Gasteiger partial charge in [-0.2, -0.15) is 0 Å². The zero-order chi connectivity index (χ0) is 9.90. The Labute approximate surface area is 78.4 Å². The van der Waals surface area contributed by atoms with Gasteiger partial charge >= 0.3 is 0 Å². The van der Waals surface area contributed by atoms with Gasteiger partial charge in [-0.15, -0.1) is 0 Å². The van der Waals surface area contributed by atoms with Crippen molar-refractivity contribution in [2.45, 2.75) is 20.3 Å². The summed E-state index contributed by atoms with van der Waals surface area (Å²) in [6, 6.07) is 0. The van der Waals surface area contributed by atoms with E-state index < -0.39 is 0 Å². The highest BCUT2D eigenvalue weighted by atomic mass is 19.1. The lowest BCUT2D eigenvalue weighted by molar-refractivity contribution is 0.154. The molecule has 0 aliphatic carbocycles. The molecular weight excluding hydrogens is 172 g/mol. The van der Waals surface area contributed by atoms with Gasteiger partial charge in [0.2, 0.25) is 0 Å². The van der Waals surface area contributed by atoms with Crippen LogP contribution >= 0.6 is 0 Å². The first-order valence-corrected chi connectivity index (χ1v) is 4.68. The van der Waals surface area contributed by atoms with Gasteiger partial charge in [-0.1, -0.05) is 13.8 Å². The second-order valence-electron chi connectivity index (χ2n) is 4.23. The molecule has 1 nitrogen and oxygen atoms in total. The van der Waals surface area contributed by atoms with E-state index in [0.29, 0.717) is 12.9 Å². The van der Waals surface area contributed by atoms with Crippen molar-refractivity contribution >= 4 is 0 Å². The topological polar surface area (TPSA) is 3.24 Å². The Hall–Kier alpha value is -0.440. The molecule has 0 aromatic rings.